The van der Waals surface area contributed by atoms with E-state index in [0.717, 1.165) is 16.4 Å². The van der Waals surface area contributed by atoms with E-state index in [2.05, 4.69) is 28.7 Å². The second-order valence-corrected chi connectivity index (χ2v) is 4.68. The summed E-state index contributed by atoms with van der Waals surface area (Å²) in [4.78, 5) is 0. The van der Waals surface area contributed by atoms with Crippen LogP contribution in [-0.2, 0) is 0 Å². The minimum atomic E-state index is 0.0754. The molecule has 1 aliphatic carbocycles. The molecule has 0 heterocycles. The molecule has 0 bridgehead atoms. The van der Waals surface area contributed by atoms with E-state index in [9.17, 15) is 5.11 Å². The first kappa shape index (κ1) is 12.2. The highest BCUT2D eigenvalue weighted by atomic mass is 127. The van der Waals surface area contributed by atoms with Gasteiger partial charge < -0.3 is 10.2 Å². The Balaban J connectivity index is 2.54. The summed E-state index contributed by atoms with van der Waals surface area (Å²) in [5.74, 6) is 0.648. The van der Waals surface area contributed by atoms with Gasteiger partial charge in [0.2, 0.25) is 0 Å². The van der Waals surface area contributed by atoms with Crippen molar-refractivity contribution in [3.63, 3.8) is 0 Å². The van der Waals surface area contributed by atoms with E-state index in [0.29, 0.717) is 5.92 Å². The number of aliphatic hydroxyl groups is 2. The third-order valence-electron chi connectivity index (χ3n) is 2.60. The fourth-order valence-corrected chi connectivity index (χ4v) is 2.20. The summed E-state index contributed by atoms with van der Waals surface area (Å²) >= 11 is 2.37. The number of rotatable bonds is 5. The number of halogens is 1. The molecule has 2 atom stereocenters. The van der Waals surface area contributed by atoms with Gasteiger partial charge in [0, 0.05) is 12.5 Å². The lowest BCUT2D eigenvalue weighted by Gasteiger charge is -2.23. The van der Waals surface area contributed by atoms with Gasteiger partial charge >= 0.3 is 0 Å². The highest BCUT2D eigenvalue weighted by Gasteiger charge is 2.19. The van der Waals surface area contributed by atoms with E-state index >= 15 is 0 Å². The average molecular weight is 308 g/mol. The van der Waals surface area contributed by atoms with E-state index < -0.39 is 0 Å². The zero-order valence-corrected chi connectivity index (χ0v) is 10.4. The van der Waals surface area contributed by atoms with Crippen LogP contribution >= 0.6 is 22.6 Å². The van der Waals surface area contributed by atoms with Crippen molar-refractivity contribution in [2.75, 3.05) is 17.6 Å². The fraction of sp³-hybridized carbons (Fsp3) is 0.636. The molecule has 80 valence electrons. The monoisotopic (exact) mass is 308 g/mol. The zero-order valence-electron chi connectivity index (χ0n) is 8.19. The van der Waals surface area contributed by atoms with Crippen molar-refractivity contribution in [3.05, 3.63) is 23.8 Å². The van der Waals surface area contributed by atoms with Gasteiger partial charge in [-0.1, -0.05) is 40.8 Å². The van der Waals surface area contributed by atoms with Crippen LogP contribution in [0.3, 0.4) is 0 Å². The summed E-state index contributed by atoms with van der Waals surface area (Å²) in [6.45, 7) is 0.256. The SMILES string of the molecule is OCC1=CC(CO)C(CCCI)C=C1. The third kappa shape index (κ3) is 3.37. The van der Waals surface area contributed by atoms with Gasteiger partial charge in [-0.05, 0) is 28.8 Å². The van der Waals surface area contributed by atoms with Crippen LogP contribution in [-0.4, -0.2) is 27.9 Å². The van der Waals surface area contributed by atoms with Crippen molar-refractivity contribution >= 4 is 22.6 Å². The molecule has 0 radical (unpaired) electrons. The second-order valence-electron chi connectivity index (χ2n) is 3.60. The van der Waals surface area contributed by atoms with Crippen molar-refractivity contribution in [2.45, 2.75) is 12.8 Å². The van der Waals surface area contributed by atoms with Crippen LogP contribution < -0.4 is 0 Å². The maximum absolute atomic E-state index is 9.21. The molecule has 0 spiro atoms. The molecule has 0 saturated carbocycles. The van der Waals surface area contributed by atoms with Gasteiger partial charge in [0.15, 0.2) is 0 Å². The van der Waals surface area contributed by atoms with E-state index in [-0.39, 0.29) is 19.1 Å². The molecule has 0 aromatic rings. The first-order chi connectivity index (χ1) is 6.81. The Morgan fingerprint density at radius 2 is 2.07 bits per heavy atom. The highest BCUT2D eigenvalue weighted by molar-refractivity contribution is 14.1. The maximum atomic E-state index is 9.21. The van der Waals surface area contributed by atoms with E-state index in [1.807, 2.05) is 12.2 Å². The quantitative estimate of drug-likeness (QED) is 0.602. The van der Waals surface area contributed by atoms with Crippen LogP contribution in [0.2, 0.25) is 0 Å². The molecule has 2 unspecified atom stereocenters. The molecule has 0 amide bonds. The minimum absolute atomic E-state index is 0.0754. The highest BCUT2D eigenvalue weighted by Crippen LogP contribution is 2.26. The lowest BCUT2D eigenvalue weighted by molar-refractivity contribution is 0.217. The minimum Gasteiger partial charge on any atom is -0.396 e. The predicted octanol–water partition coefficient (Wildman–Crippen LogP) is 1.91. The zero-order chi connectivity index (χ0) is 10.4. The number of alkyl halides is 1. The Kier molecular flexibility index (Phi) is 5.74. The van der Waals surface area contributed by atoms with Crippen LogP contribution in [0.15, 0.2) is 23.8 Å². The van der Waals surface area contributed by atoms with Gasteiger partial charge in [0.05, 0.1) is 6.61 Å². The molecule has 2 nitrogen and oxygen atoms in total. The van der Waals surface area contributed by atoms with Crippen molar-refractivity contribution < 1.29 is 10.2 Å². The first-order valence-corrected chi connectivity index (χ1v) is 6.51. The van der Waals surface area contributed by atoms with Gasteiger partial charge in [-0.15, -0.1) is 0 Å². The largest absolute Gasteiger partial charge is 0.396 e. The van der Waals surface area contributed by atoms with Gasteiger partial charge in [-0.3, -0.25) is 0 Å². The lowest BCUT2D eigenvalue weighted by atomic mass is 9.83. The standard InChI is InChI=1S/C11H17IO2/c12-5-1-2-10-4-3-9(7-13)6-11(10)8-14/h3-4,6,10-11,13-14H,1-2,5,7-8H2. The van der Waals surface area contributed by atoms with Gasteiger partial charge in [0.25, 0.3) is 0 Å². The van der Waals surface area contributed by atoms with Crippen LogP contribution in [0.4, 0.5) is 0 Å². The fourth-order valence-electron chi connectivity index (χ4n) is 1.76. The van der Waals surface area contributed by atoms with Crippen molar-refractivity contribution in [1.82, 2.24) is 0 Å². The molecule has 0 saturated heterocycles. The average Bonchev–Trinajstić information content (AvgIpc) is 2.26. The maximum Gasteiger partial charge on any atom is 0.0678 e. The third-order valence-corrected chi connectivity index (χ3v) is 3.36. The molecular weight excluding hydrogens is 291 g/mol. The number of allylic oxidation sites excluding steroid dienone is 1. The summed E-state index contributed by atoms with van der Waals surface area (Å²) in [6, 6.07) is 0. The van der Waals surface area contributed by atoms with Crippen LogP contribution in [0.5, 0.6) is 0 Å². The van der Waals surface area contributed by atoms with Crippen molar-refractivity contribution in [1.29, 1.82) is 0 Å². The summed E-state index contributed by atoms with van der Waals surface area (Å²) < 4.78 is 1.16. The first-order valence-electron chi connectivity index (χ1n) is 4.98. The normalized spacial score (nSPS) is 26.4. The Morgan fingerprint density at radius 3 is 2.64 bits per heavy atom. The Bertz CT molecular complexity index is 223. The Hall–Kier alpha value is 0.130. The molecule has 14 heavy (non-hydrogen) atoms. The number of hydrogen-bond donors (Lipinski definition) is 2. The summed E-state index contributed by atoms with van der Waals surface area (Å²) in [6.07, 6.45) is 8.41. The van der Waals surface area contributed by atoms with E-state index in [4.69, 9.17) is 5.11 Å². The molecule has 0 aliphatic heterocycles. The molecule has 2 N–H and O–H groups in total. The van der Waals surface area contributed by atoms with Crippen molar-refractivity contribution in [3.8, 4) is 0 Å². The molecule has 1 aliphatic rings. The molecule has 0 fully saturated rings. The van der Waals surface area contributed by atoms with Crippen molar-refractivity contribution in [2.24, 2.45) is 11.8 Å². The van der Waals surface area contributed by atoms with E-state index in [1.165, 1.54) is 6.42 Å². The smallest absolute Gasteiger partial charge is 0.0678 e. The van der Waals surface area contributed by atoms with Crippen LogP contribution in [0.1, 0.15) is 12.8 Å². The Morgan fingerprint density at radius 1 is 1.29 bits per heavy atom. The van der Waals surface area contributed by atoms with E-state index in [1.54, 1.807) is 0 Å². The molecule has 1 rings (SSSR count). The molecule has 3 heteroatoms. The molecule has 0 aromatic carbocycles. The summed E-state index contributed by atoms with van der Waals surface area (Å²) in [7, 11) is 0. The summed E-state index contributed by atoms with van der Waals surface area (Å²) in [5.41, 5.74) is 0.926. The second kappa shape index (κ2) is 6.58. The van der Waals surface area contributed by atoms with Gasteiger partial charge in [-0.2, -0.15) is 0 Å². The molecule has 0 aromatic heterocycles. The van der Waals surface area contributed by atoms with Gasteiger partial charge in [-0.25, -0.2) is 0 Å². The Labute approximate surface area is 98.9 Å². The van der Waals surface area contributed by atoms with Crippen LogP contribution in [0.25, 0.3) is 0 Å². The topological polar surface area (TPSA) is 40.5 Å². The summed E-state index contributed by atoms with van der Waals surface area (Å²) in [5, 5.41) is 18.2. The molecular formula is C11H17IO2. The predicted molar refractivity (Wildman–Crippen MR) is 66.5 cm³/mol. The van der Waals surface area contributed by atoms with Gasteiger partial charge in [0.1, 0.15) is 0 Å². The number of hydrogen-bond acceptors (Lipinski definition) is 2. The number of aliphatic hydroxyl groups excluding tert-OH is 2. The lowest BCUT2D eigenvalue weighted by Crippen LogP contribution is -2.18. The van der Waals surface area contributed by atoms with Crippen LogP contribution in [0, 0.1) is 11.8 Å².